The van der Waals surface area contributed by atoms with Crippen LogP contribution in [0.5, 0.6) is 0 Å². The third-order valence-corrected chi connectivity index (χ3v) is 6.63. The van der Waals surface area contributed by atoms with E-state index in [4.69, 9.17) is 0 Å². The fourth-order valence-corrected chi connectivity index (χ4v) is 4.81. The number of amides is 1. The van der Waals surface area contributed by atoms with Crippen molar-refractivity contribution < 1.29 is 22.0 Å². The number of benzene rings is 2. The monoisotopic (exact) mass is 422 g/mol. The summed E-state index contributed by atoms with van der Waals surface area (Å²) in [6, 6.07) is 7.13. The van der Waals surface area contributed by atoms with E-state index in [0.29, 0.717) is 18.4 Å². The predicted molar refractivity (Wildman–Crippen MR) is 107 cm³/mol. The molecule has 1 aliphatic rings. The lowest BCUT2D eigenvalue weighted by Gasteiger charge is -2.17. The number of carbonyl (C=O) groups is 1. The largest absolute Gasteiger partial charge is 0.322 e. The Morgan fingerprint density at radius 3 is 2.31 bits per heavy atom. The van der Waals surface area contributed by atoms with Gasteiger partial charge >= 0.3 is 0 Å². The van der Waals surface area contributed by atoms with Gasteiger partial charge in [0.1, 0.15) is 16.5 Å². The minimum atomic E-state index is -4.11. The molecule has 0 bridgehead atoms. The van der Waals surface area contributed by atoms with Crippen molar-refractivity contribution in [3.63, 3.8) is 0 Å². The molecule has 8 heteroatoms. The summed E-state index contributed by atoms with van der Waals surface area (Å²) in [6.45, 7) is 1.60. The second-order valence-electron chi connectivity index (χ2n) is 7.37. The predicted octanol–water partition coefficient (Wildman–Crippen LogP) is 4.53. The summed E-state index contributed by atoms with van der Waals surface area (Å²) in [6.07, 6.45) is 5.38. The summed E-state index contributed by atoms with van der Waals surface area (Å²) < 4.78 is 56.0. The van der Waals surface area contributed by atoms with Gasteiger partial charge in [0.05, 0.1) is 0 Å². The Morgan fingerprint density at radius 2 is 1.66 bits per heavy atom. The Hall–Kier alpha value is -2.32. The van der Waals surface area contributed by atoms with Crippen LogP contribution in [0.15, 0.2) is 41.3 Å². The van der Waals surface area contributed by atoms with E-state index >= 15 is 0 Å². The molecule has 0 saturated heterocycles. The normalized spacial score (nSPS) is 15.7. The molecular formula is C21H24F2N2O3S. The van der Waals surface area contributed by atoms with Crippen LogP contribution in [0.4, 0.5) is 14.5 Å². The van der Waals surface area contributed by atoms with Crippen molar-refractivity contribution in [2.45, 2.75) is 56.4 Å². The molecule has 2 aromatic carbocycles. The van der Waals surface area contributed by atoms with Gasteiger partial charge in [-0.2, -0.15) is 0 Å². The molecular weight excluding hydrogens is 398 g/mol. The van der Waals surface area contributed by atoms with Crippen molar-refractivity contribution in [3.8, 4) is 0 Å². The molecule has 5 nitrogen and oxygen atoms in total. The Kier molecular flexibility index (Phi) is 6.64. The second kappa shape index (κ2) is 9.00. The van der Waals surface area contributed by atoms with Gasteiger partial charge in [0.15, 0.2) is 0 Å². The summed E-state index contributed by atoms with van der Waals surface area (Å²) in [5.74, 6) is -2.05. The Balaban J connectivity index is 1.80. The summed E-state index contributed by atoms with van der Waals surface area (Å²) in [5.41, 5.74) is 0.625. The Bertz CT molecular complexity index is 1000. The Morgan fingerprint density at radius 1 is 0.966 bits per heavy atom. The van der Waals surface area contributed by atoms with E-state index in [1.807, 2.05) is 0 Å². The zero-order valence-electron chi connectivity index (χ0n) is 16.2. The molecule has 1 aliphatic carbocycles. The van der Waals surface area contributed by atoms with E-state index in [9.17, 15) is 22.0 Å². The number of anilines is 1. The highest BCUT2D eigenvalue weighted by Gasteiger charge is 2.25. The van der Waals surface area contributed by atoms with E-state index in [1.54, 1.807) is 6.92 Å². The molecule has 2 aromatic rings. The van der Waals surface area contributed by atoms with Gasteiger partial charge in [-0.3, -0.25) is 4.79 Å². The van der Waals surface area contributed by atoms with Crippen LogP contribution in [0.25, 0.3) is 0 Å². The summed E-state index contributed by atoms with van der Waals surface area (Å²) in [7, 11) is -4.11. The number of halogens is 2. The van der Waals surface area contributed by atoms with E-state index in [2.05, 4.69) is 10.0 Å². The highest BCUT2D eigenvalue weighted by Crippen LogP contribution is 2.22. The van der Waals surface area contributed by atoms with Crippen LogP contribution in [-0.4, -0.2) is 20.4 Å². The number of hydrogen-bond acceptors (Lipinski definition) is 3. The lowest BCUT2D eigenvalue weighted by molar-refractivity contribution is 0.102. The fourth-order valence-electron chi connectivity index (χ4n) is 3.40. The fraction of sp³-hybridized carbons (Fsp3) is 0.381. The molecule has 0 aliphatic heterocycles. The number of carbonyl (C=O) groups excluding carboxylic acids is 1. The molecule has 0 aromatic heterocycles. The summed E-state index contributed by atoms with van der Waals surface area (Å²) in [4.78, 5) is 11.9. The number of sulfonamides is 1. The average Bonchev–Trinajstić information content (AvgIpc) is 2.93. The first kappa shape index (κ1) is 21.4. The molecule has 0 spiro atoms. The first-order valence-corrected chi connectivity index (χ1v) is 11.1. The number of aryl methyl sites for hydroxylation is 1. The van der Waals surface area contributed by atoms with Crippen molar-refractivity contribution in [1.29, 1.82) is 0 Å². The van der Waals surface area contributed by atoms with Crippen molar-refractivity contribution >= 4 is 21.6 Å². The number of rotatable bonds is 5. The molecule has 0 atom stereocenters. The Labute approximate surface area is 169 Å². The van der Waals surface area contributed by atoms with Gasteiger partial charge in [0, 0.05) is 17.3 Å². The molecule has 3 rings (SSSR count). The van der Waals surface area contributed by atoms with E-state index < -0.39 is 32.5 Å². The van der Waals surface area contributed by atoms with Crippen LogP contribution >= 0.6 is 0 Å². The van der Waals surface area contributed by atoms with Crippen molar-refractivity contribution in [2.24, 2.45) is 0 Å². The number of hydrogen-bond donors (Lipinski definition) is 2. The maximum absolute atomic E-state index is 14.3. The molecule has 1 amide bonds. The summed E-state index contributed by atoms with van der Waals surface area (Å²) in [5, 5.41) is 2.50. The highest BCUT2D eigenvalue weighted by atomic mass is 32.2. The third-order valence-electron chi connectivity index (χ3n) is 5.09. The zero-order chi connectivity index (χ0) is 21.0. The molecule has 156 valence electrons. The van der Waals surface area contributed by atoms with Crippen LogP contribution < -0.4 is 10.0 Å². The smallest absolute Gasteiger partial charge is 0.255 e. The average molecular weight is 422 g/mol. The maximum atomic E-state index is 14.3. The van der Waals surface area contributed by atoms with Crippen LogP contribution in [0.3, 0.4) is 0 Å². The van der Waals surface area contributed by atoms with Gasteiger partial charge in [0.25, 0.3) is 5.91 Å². The second-order valence-corrected chi connectivity index (χ2v) is 9.06. The van der Waals surface area contributed by atoms with Crippen LogP contribution in [0.2, 0.25) is 0 Å². The maximum Gasteiger partial charge on any atom is 0.255 e. The quantitative estimate of drug-likeness (QED) is 0.696. The van der Waals surface area contributed by atoms with Crippen molar-refractivity contribution in [2.75, 3.05) is 5.32 Å². The van der Waals surface area contributed by atoms with Gasteiger partial charge in [-0.15, -0.1) is 0 Å². The first-order chi connectivity index (χ1) is 13.8. The van der Waals surface area contributed by atoms with Crippen LogP contribution in [0.1, 0.15) is 54.4 Å². The van der Waals surface area contributed by atoms with Gasteiger partial charge in [-0.25, -0.2) is 21.9 Å². The van der Waals surface area contributed by atoms with E-state index in [0.717, 1.165) is 37.8 Å². The summed E-state index contributed by atoms with van der Waals surface area (Å²) >= 11 is 0. The molecule has 0 unspecified atom stereocenters. The van der Waals surface area contributed by atoms with Gasteiger partial charge < -0.3 is 5.32 Å². The topological polar surface area (TPSA) is 75.3 Å². The third kappa shape index (κ3) is 5.39. The van der Waals surface area contributed by atoms with Gasteiger partial charge in [-0.05, 0) is 55.7 Å². The van der Waals surface area contributed by atoms with Crippen LogP contribution in [0, 0.1) is 18.6 Å². The molecule has 2 N–H and O–H groups in total. The lowest BCUT2D eigenvalue weighted by atomic mass is 10.1. The van der Waals surface area contributed by atoms with Gasteiger partial charge in [0.2, 0.25) is 10.0 Å². The molecule has 1 fully saturated rings. The molecule has 0 heterocycles. The molecule has 1 saturated carbocycles. The lowest BCUT2D eigenvalue weighted by Crippen LogP contribution is -2.35. The standard InChI is InChI=1S/C21H24F2N2O3S/c1-14-8-10-17(13-19(14)23)24-21(26)15-9-11-18(22)20(12-15)29(27,28)25-16-6-4-2-3-5-7-16/h8-13,16,25H,2-7H2,1H3,(H,24,26). The minimum Gasteiger partial charge on any atom is -0.322 e. The van der Waals surface area contributed by atoms with Crippen molar-refractivity contribution in [3.05, 3.63) is 59.2 Å². The van der Waals surface area contributed by atoms with Crippen molar-refractivity contribution in [1.82, 2.24) is 4.72 Å². The molecule has 0 radical (unpaired) electrons. The number of nitrogens with one attached hydrogen (secondary N) is 2. The zero-order valence-corrected chi connectivity index (χ0v) is 17.0. The van der Waals surface area contributed by atoms with E-state index in [1.165, 1.54) is 24.3 Å². The molecule has 29 heavy (non-hydrogen) atoms. The first-order valence-electron chi connectivity index (χ1n) is 9.65. The SMILES string of the molecule is Cc1ccc(NC(=O)c2ccc(F)c(S(=O)(=O)NC3CCCCCC3)c2)cc1F. The van der Waals surface area contributed by atoms with Gasteiger partial charge in [-0.1, -0.05) is 31.7 Å². The van der Waals surface area contributed by atoms with E-state index in [-0.39, 0.29) is 17.3 Å². The highest BCUT2D eigenvalue weighted by molar-refractivity contribution is 7.89. The van der Waals surface area contributed by atoms with Crippen LogP contribution in [-0.2, 0) is 10.0 Å². The minimum absolute atomic E-state index is 0.0337.